The number of ether oxygens (including phenoxy) is 1. The van der Waals surface area contributed by atoms with Gasteiger partial charge in [0.15, 0.2) is 5.82 Å². The highest BCUT2D eigenvalue weighted by Crippen LogP contribution is 2.26. The van der Waals surface area contributed by atoms with Gasteiger partial charge in [0.25, 0.3) is 0 Å². The van der Waals surface area contributed by atoms with Crippen molar-refractivity contribution >= 4 is 34.7 Å². The highest BCUT2D eigenvalue weighted by Gasteiger charge is 2.20. The lowest BCUT2D eigenvalue weighted by atomic mass is 10.2. The van der Waals surface area contributed by atoms with Crippen LogP contribution >= 0.6 is 0 Å². The van der Waals surface area contributed by atoms with E-state index in [1.165, 1.54) is 31.2 Å². The molecule has 0 unspecified atom stereocenters. The van der Waals surface area contributed by atoms with Gasteiger partial charge in [0, 0.05) is 54.9 Å². The van der Waals surface area contributed by atoms with Crippen molar-refractivity contribution in [3.05, 3.63) is 71.9 Å². The molecule has 2 aliphatic heterocycles. The number of hydrazone groups is 1. The minimum Gasteiger partial charge on any atom is -0.492 e. The normalized spacial score (nSPS) is 15.7. The Kier molecular flexibility index (Phi) is 7.11. The molecule has 1 N–H and O–H groups in total. The monoisotopic (exact) mass is 509 g/mol. The SMILES string of the molecule is Cc1ccc(OCCn2cc(C=NNc3cc(N4CCCC4)nc(N4CCCC4)n3)c3ccccc32)cc1. The van der Waals surface area contributed by atoms with Crippen LogP contribution in [0.2, 0.25) is 0 Å². The largest absolute Gasteiger partial charge is 0.492 e. The molecule has 38 heavy (non-hydrogen) atoms. The molecule has 2 aromatic heterocycles. The average Bonchev–Trinajstić information content (AvgIpc) is 3.72. The highest BCUT2D eigenvalue weighted by molar-refractivity contribution is 5.99. The summed E-state index contributed by atoms with van der Waals surface area (Å²) in [6, 6.07) is 18.6. The molecule has 2 aromatic carbocycles. The third-order valence-electron chi connectivity index (χ3n) is 7.34. The van der Waals surface area contributed by atoms with Crippen molar-refractivity contribution in [2.24, 2.45) is 5.10 Å². The van der Waals surface area contributed by atoms with E-state index in [-0.39, 0.29) is 0 Å². The van der Waals surface area contributed by atoms with E-state index < -0.39 is 0 Å². The Morgan fingerprint density at radius 3 is 2.45 bits per heavy atom. The highest BCUT2D eigenvalue weighted by atomic mass is 16.5. The van der Waals surface area contributed by atoms with E-state index in [9.17, 15) is 0 Å². The number of anilines is 3. The van der Waals surface area contributed by atoms with E-state index in [0.717, 1.165) is 72.5 Å². The van der Waals surface area contributed by atoms with Crippen molar-refractivity contribution in [3.8, 4) is 5.75 Å². The summed E-state index contributed by atoms with van der Waals surface area (Å²) in [5.74, 6) is 3.41. The van der Waals surface area contributed by atoms with Crippen molar-refractivity contribution in [2.75, 3.05) is 48.0 Å². The van der Waals surface area contributed by atoms with E-state index in [4.69, 9.17) is 14.7 Å². The van der Waals surface area contributed by atoms with Crippen LogP contribution in [-0.4, -0.2) is 53.5 Å². The summed E-state index contributed by atoms with van der Waals surface area (Å²) < 4.78 is 8.21. The first-order valence-corrected chi connectivity index (χ1v) is 13.7. The number of benzene rings is 2. The zero-order valence-corrected chi connectivity index (χ0v) is 22.0. The summed E-state index contributed by atoms with van der Waals surface area (Å²) >= 11 is 0. The molecule has 2 saturated heterocycles. The minimum atomic E-state index is 0.593. The average molecular weight is 510 g/mol. The van der Waals surface area contributed by atoms with Gasteiger partial charge in [-0.1, -0.05) is 35.9 Å². The summed E-state index contributed by atoms with van der Waals surface area (Å²) in [6.45, 7) is 7.55. The van der Waals surface area contributed by atoms with Crippen molar-refractivity contribution < 1.29 is 4.74 Å². The Bertz CT molecular complexity index is 1370. The minimum absolute atomic E-state index is 0.593. The van der Waals surface area contributed by atoms with Crippen LogP contribution in [0.3, 0.4) is 0 Å². The number of hydrogen-bond donors (Lipinski definition) is 1. The molecule has 2 aliphatic rings. The van der Waals surface area contributed by atoms with E-state index in [1.807, 2.05) is 24.4 Å². The van der Waals surface area contributed by atoms with Gasteiger partial charge in [-0.15, -0.1) is 0 Å². The van der Waals surface area contributed by atoms with Crippen molar-refractivity contribution in [1.29, 1.82) is 0 Å². The standard InChI is InChI=1S/C30H35N7O/c1-23-10-12-25(13-11-23)38-19-18-37-22-24(26-8-2-3-9-27(26)37)21-31-34-28-20-29(35-14-4-5-15-35)33-30(32-28)36-16-6-7-17-36/h2-3,8-13,20-22H,4-7,14-19H2,1H3,(H,32,33,34). The fourth-order valence-electron chi connectivity index (χ4n) is 5.27. The Balaban J connectivity index is 1.18. The zero-order chi connectivity index (χ0) is 25.7. The van der Waals surface area contributed by atoms with Crippen molar-refractivity contribution in [2.45, 2.75) is 39.2 Å². The number of rotatable bonds is 9. The lowest BCUT2D eigenvalue weighted by Crippen LogP contribution is -2.24. The Hall–Kier alpha value is -4.07. The number of nitrogens with one attached hydrogen (secondary N) is 1. The molecule has 4 aromatic rings. The third-order valence-corrected chi connectivity index (χ3v) is 7.34. The van der Waals surface area contributed by atoms with Gasteiger partial charge < -0.3 is 19.1 Å². The molecule has 0 atom stereocenters. The van der Waals surface area contributed by atoms with E-state index >= 15 is 0 Å². The van der Waals surface area contributed by atoms with Crippen molar-refractivity contribution in [1.82, 2.24) is 14.5 Å². The molecule has 8 heteroatoms. The number of aryl methyl sites for hydroxylation is 1. The topological polar surface area (TPSA) is 70.8 Å². The fraction of sp³-hybridized carbons (Fsp3) is 0.367. The van der Waals surface area contributed by atoms with Gasteiger partial charge in [-0.25, -0.2) is 0 Å². The predicted octanol–water partition coefficient (Wildman–Crippen LogP) is 5.47. The van der Waals surface area contributed by atoms with Gasteiger partial charge in [-0.3, -0.25) is 5.43 Å². The van der Waals surface area contributed by atoms with Gasteiger partial charge in [-0.2, -0.15) is 15.1 Å². The lowest BCUT2D eigenvalue weighted by Gasteiger charge is -2.21. The van der Waals surface area contributed by atoms with E-state index in [2.05, 4.69) is 74.4 Å². The molecule has 6 rings (SSSR count). The van der Waals surface area contributed by atoms with Crippen LogP contribution in [0.5, 0.6) is 5.75 Å². The maximum Gasteiger partial charge on any atom is 0.229 e. The molecule has 0 aliphatic carbocycles. The Morgan fingerprint density at radius 1 is 0.921 bits per heavy atom. The van der Waals surface area contributed by atoms with Crippen LogP contribution in [0, 0.1) is 6.92 Å². The van der Waals surface area contributed by atoms with Gasteiger partial charge in [0.05, 0.1) is 12.8 Å². The first-order chi connectivity index (χ1) is 18.7. The molecule has 0 spiro atoms. The quantitative estimate of drug-likeness (QED) is 0.239. The molecule has 0 saturated carbocycles. The van der Waals surface area contributed by atoms with Crippen molar-refractivity contribution in [3.63, 3.8) is 0 Å². The number of aromatic nitrogens is 3. The molecule has 0 radical (unpaired) electrons. The third kappa shape index (κ3) is 5.44. The maximum atomic E-state index is 5.98. The van der Waals surface area contributed by atoms with Gasteiger partial charge in [0.1, 0.15) is 18.2 Å². The lowest BCUT2D eigenvalue weighted by molar-refractivity contribution is 0.300. The second-order valence-electron chi connectivity index (χ2n) is 10.1. The molecule has 4 heterocycles. The molecule has 0 amide bonds. The second kappa shape index (κ2) is 11.1. The van der Waals surface area contributed by atoms with Crippen LogP contribution in [0.15, 0.2) is 65.9 Å². The van der Waals surface area contributed by atoms with Gasteiger partial charge >= 0.3 is 0 Å². The van der Waals surface area contributed by atoms with E-state index in [0.29, 0.717) is 6.61 Å². The van der Waals surface area contributed by atoms with Crippen LogP contribution in [0.25, 0.3) is 10.9 Å². The number of nitrogens with zero attached hydrogens (tertiary/aromatic N) is 6. The molecule has 8 nitrogen and oxygen atoms in total. The molecular formula is C30H35N7O. The molecule has 0 bridgehead atoms. The molecular weight excluding hydrogens is 474 g/mol. The summed E-state index contributed by atoms with van der Waals surface area (Å²) in [5.41, 5.74) is 6.64. The number of hydrogen-bond acceptors (Lipinski definition) is 7. The Labute approximate surface area is 224 Å². The van der Waals surface area contributed by atoms with Gasteiger partial charge in [0.2, 0.25) is 5.95 Å². The summed E-state index contributed by atoms with van der Waals surface area (Å²) in [4.78, 5) is 14.3. The van der Waals surface area contributed by atoms with Crippen LogP contribution in [0.1, 0.15) is 36.8 Å². The predicted molar refractivity (Wildman–Crippen MR) is 155 cm³/mol. The summed E-state index contributed by atoms with van der Waals surface area (Å²) in [6.07, 6.45) is 8.83. The Morgan fingerprint density at radius 2 is 1.66 bits per heavy atom. The zero-order valence-electron chi connectivity index (χ0n) is 22.0. The maximum absolute atomic E-state index is 5.98. The van der Waals surface area contributed by atoms with Crippen LogP contribution in [-0.2, 0) is 6.54 Å². The fourth-order valence-corrected chi connectivity index (χ4v) is 5.27. The molecule has 2 fully saturated rings. The van der Waals surface area contributed by atoms with Gasteiger partial charge in [-0.05, 0) is 50.8 Å². The number of fused-ring (bicyclic) bond motifs is 1. The first-order valence-electron chi connectivity index (χ1n) is 13.7. The van der Waals surface area contributed by atoms with E-state index in [1.54, 1.807) is 0 Å². The number of para-hydroxylation sites is 1. The van der Waals surface area contributed by atoms with Crippen LogP contribution in [0.4, 0.5) is 17.6 Å². The smallest absolute Gasteiger partial charge is 0.229 e. The first kappa shape index (κ1) is 24.3. The second-order valence-corrected chi connectivity index (χ2v) is 10.1. The molecule has 196 valence electrons. The summed E-state index contributed by atoms with van der Waals surface area (Å²) in [7, 11) is 0. The van der Waals surface area contributed by atoms with Crippen LogP contribution < -0.4 is 20.0 Å². The summed E-state index contributed by atoms with van der Waals surface area (Å²) in [5, 5.41) is 5.76.